The minimum Gasteiger partial charge on any atom is -0.497 e. The summed E-state index contributed by atoms with van der Waals surface area (Å²) in [7, 11) is 2.82. The van der Waals surface area contributed by atoms with E-state index < -0.39 is 11.8 Å². The van der Waals surface area contributed by atoms with Crippen LogP contribution in [0.3, 0.4) is 0 Å². The third kappa shape index (κ3) is 2.15. The van der Waals surface area contributed by atoms with Crippen LogP contribution in [0.25, 0.3) is 0 Å². The van der Waals surface area contributed by atoms with Gasteiger partial charge < -0.3 is 9.47 Å². The number of hydrogen-bond donors (Lipinski definition) is 0. The van der Waals surface area contributed by atoms with E-state index in [2.05, 4.69) is 9.98 Å². The first-order valence-corrected chi connectivity index (χ1v) is 4.38. The predicted molar refractivity (Wildman–Crippen MR) is 54.0 cm³/mol. The largest absolute Gasteiger partial charge is 0.497 e. The third-order valence-electron chi connectivity index (χ3n) is 2.21. The monoisotopic (exact) mass is 222 g/mol. The third-order valence-corrected chi connectivity index (χ3v) is 2.21. The molecular formula is C10H10N2O4. The van der Waals surface area contributed by atoms with Gasteiger partial charge in [-0.25, -0.2) is 9.59 Å². The van der Waals surface area contributed by atoms with E-state index in [-0.39, 0.29) is 0 Å². The van der Waals surface area contributed by atoms with E-state index in [1.807, 2.05) is 0 Å². The number of nitrogens with zero attached hydrogens (tertiary/aromatic N) is 2. The van der Waals surface area contributed by atoms with Gasteiger partial charge in [-0.1, -0.05) is 0 Å². The zero-order valence-corrected chi connectivity index (χ0v) is 8.84. The molecule has 2 unspecified atom stereocenters. The molecule has 1 aliphatic rings. The lowest BCUT2D eigenvalue weighted by atomic mass is 9.98. The Morgan fingerprint density at radius 3 is 2.62 bits per heavy atom. The lowest BCUT2D eigenvalue weighted by Crippen LogP contribution is -2.40. The quantitative estimate of drug-likeness (QED) is 0.511. The fourth-order valence-corrected chi connectivity index (χ4v) is 1.36. The number of isocyanates is 2. The maximum absolute atomic E-state index is 10.3. The van der Waals surface area contributed by atoms with Crippen LogP contribution < -0.4 is 0 Å². The summed E-state index contributed by atoms with van der Waals surface area (Å²) < 4.78 is 10.1. The molecule has 0 spiro atoms. The van der Waals surface area contributed by atoms with E-state index in [0.717, 1.165) is 0 Å². The highest BCUT2D eigenvalue weighted by Gasteiger charge is 2.38. The Hall–Kier alpha value is -2.00. The van der Waals surface area contributed by atoms with Gasteiger partial charge >= 0.3 is 0 Å². The summed E-state index contributed by atoms with van der Waals surface area (Å²) in [6, 6.07) is -0.795. The molecule has 6 nitrogen and oxygen atoms in total. The van der Waals surface area contributed by atoms with E-state index in [9.17, 15) is 9.59 Å². The summed E-state index contributed by atoms with van der Waals surface area (Å²) in [4.78, 5) is 27.7. The Bertz CT molecular complexity index is 417. The van der Waals surface area contributed by atoms with Crippen molar-refractivity contribution in [3.63, 3.8) is 0 Å². The molecule has 0 N–H and O–H groups in total. The van der Waals surface area contributed by atoms with Crippen molar-refractivity contribution in [3.05, 3.63) is 24.0 Å². The molecule has 84 valence electrons. The van der Waals surface area contributed by atoms with Crippen LogP contribution in [-0.4, -0.2) is 38.1 Å². The van der Waals surface area contributed by atoms with Crippen molar-refractivity contribution in [2.75, 3.05) is 14.2 Å². The van der Waals surface area contributed by atoms with Crippen molar-refractivity contribution in [2.24, 2.45) is 9.98 Å². The molecule has 1 rings (SSSR count). The average molecular weight is 222 g/mol. The molecule has 0 heterocycles. The minimum atomic E-state index is -1.35. The Labute approximate surface area is 92.0 Å². The summed E-state index contributed by atoms with van der Waals surface area (Å²) in [6.45, 7) is 0. The molecule has 16 heavy (non-hydrogen) atoms. The molecule has 0 aromatic heterocycles. The first-order chi connectivity index (χ1) is 7.72. The van der Waals surface area contributed by atoms with E-state index in [0.29, 0.717) is 5.76 Å². The van der Waals surface area contributed by atoms with Crippen molar-refractivity contribution in [1.82, 2.24) is 0 Å². The van der Waals surface area contributed by atoms with Gasteiger partial charge in [0.25, 0.3) is 0 Å². The van der Waals surface area contributed by atoms with Crippen molar-refractivity contribution in [1.29, 1.82) is 0 Å². The maximum atomic E-state index is 10.3. The van der Waals surface area contributed by atoms with E-state index >= 15 is 0 Å². The van der Waals surface area contributed by atoms with Gasteiger partial charge in [0.1, 0.15) is 11.8 Å². The summed E-state index contributed by atoms with van der Waals surface area (Å²) >= 11 is 0. The second-order valence-corrected chi connectivity index (χ2v) is 2.93. The van der Waals surface area contributed by atoms with Crippen LogP contribution in [0.5, 0.6) is 0 Å². The van der Waals surface area contributed by atoms with Crippen LogP contribution in [0, 0.1) is 0 Å². The Kier molecular flexibility index (Phi) is 3.91. The molecule has 0 aromatic rings. The molecule has 0 saturated heterocycles. The fraction of sp³-hybridized carbons (Fsp3) is 0.400. The topological polar surface area (TPSA) is 77.3 Å². The summed E-state index contributed by atoms with van der Waals surface area (Å²) in [5.74, 6) is 0.498. The van der Waals surface area contributed by atoms with Crippen molar-refractivity contribution in [3.8, 4) is 0 Å². The minimum absolute atomic E-state index is 0.498. The number of ether oxygens (including phenoxy) is 2. The lowest BCUT2D eigenvalue weighted by molar-refractivity contribution is 0.0274. The fourth-order valence-electron chi connectivity index (χ4n) is 1.36. The van der Waals surface area contributed by atoms with Gasteiger partial charge in [0.05, 0.1) is 7.11 Å². The van der Waals surface area contributed by atoms with Gasteiger partial charge in [-0.05, 0) is 18.2 Å². The number of rotatable bonds is 4. The Morgan fingerprint density at radius 2 is 2.12 bits per heavy atom. The molecular weight excluding hydrogens is 212 g/mol. The standard InChI is InChI=1S/C10H10N2O4/c1-15-8-3-4-10(16-2,12-7-14)9(5-8)11-6-13/h3-5,9H,1-2H3. The summed E-state index contributed by atoms with van der Waals surface area (Å²) in [5.41, 5.74) is -1.35. The van der Waals surface area contributed by atoms with Crippen LogP contribution in [0.15, 0.2) is 34.0 Å². The van der Waals surface area contributed by atoms with Gasteiger partial charge in [-0.15, -0.1) is 0 Å². The van der Waals surface area contributed by atoms with Gasteiger partial charge in [0.15, 0.2) is 0 Å². The first-order valence-electron chi connectivity index (χ1n) is 4.38. The summed E-state index contributed by atoms with van der Waals surface area (Å²) in [5, 5.41) is 0. The molecule has 1 aliphatic carbocycles. The number of hydrogen-bond acceptors (Lipinski definition) is 6. The smallest absolute Gasteiger partial charge is 0.238 e. The first kappa shape index (κ1) is 12.1. The highest BCUT2D eigenvalue weighted by molar-refractivity contribution is 5.42. The highest BCUT2D eigenvalue weighted by atomic mass is 16.5. The van der Waals surface area contributed by atoms with E-state index in [4.69, 9.17) is 9.47 Å². The molecule has 0 amide bonds. The normalized spacial score (nSPS) is 27.4. The molecule has 0 aliphatic heterocycles. The molecule has 6 heteroatoms. The van der Waals surface area contributed by atoms with Crippen LogP contribution >= 0.6 is 0 Å². The van der Waals surface area contributed by atoms with Gasteiger partial charge in [-0.2, -0.15) is 9.98 Å². The second-order valence-electron chi connectivity index (χ2n) is 2.93. The van der Waals surface area contributed by atoms with Crippen molar-refractivity contribution in [2.45, 2.75) is 11.8 Å². The summed E-state index contributed by atoms with van der Waals surface area (Å²) in [6.07, 6.45) is 7.34. The van der Waals surface area contributed by atoms with Crippen LogP contribution in [0.2, 0.25) is 0 Å². The highest BCUT2D eigenvalue weighted by Crippen LogP contribution is 2.28. The van der Waals surface area contributed by atoms with Crippen LogP contribution in [0.1, 0.15) is 0 Å². The van der Waals surface area contributed by atoms with Crippen molar-refractivity contribution >= 4 is 12.2 Å². The Morgan fingerprint density at radius 1 is 1.38 bits per heavy atom. The predicted octanol–water partition coefficient (Wildman–Crippen LogP) is 0.469. The molecule has 0 saturated carbocycles. The molecule has 0 fully saturated rings. The zero-order chi connectivity index (χ0) is 12.0. The number of allylic oxidation sites excluding steroid dienone is 1. The average Bonchev–Trinajstić information content (AvgIpc) is 2.32. The molecule has 0 radical (unpaired) electrons. The second kappa shape index (κ2) is 5.19. The molecule has 0 aromatic carbocycles. The van der Waals surface area contributed by atoms with E-state index in [1.165, 1.54) is 38.5 Å². The lowest BCUT2D eigenvalue weighted by Gasteiger charge is -2.29. The molecule has 0 bridgehead atoms. The molecule has 2 atom stereocenters. The number of aliphatic imine (C=N–C) groups is 2. The van der Waals surface area contributed by atoms with Crippen molar-refractivity contribution < 1.29 is 19.1 Å². The number of methoxy groups -OCH3 is 2. The van der Waals surface area contributed by atoms with Crippen LogP contribution in [0.4, 0.5) is 0 Å². The number of carbonyl (C=O) groups excluding carboxylic acids is 2. The Balaban J connectivity index is 3.20. The van der Waals surface area contributed by atoms with Crippen LogP contribution in [-0.2, 0) is 19.1 Å². The maximum Gasteiger partial charge on any atom is 0.238 e. The SMILES string of the molecule is COC1=CC(N=C=O)C(N=C=O)(OC)C=C1. The zero-order valence-electron chi connectivity index (χ0n) is 8.84. The van der Waals surface area contributed by atoms with Gasteiger partial charge in [-0.3, -0.25) is 0 Å². The van der Waals surface area contributed by atoms with E-state index in [1.54, 1.807) is 6.08 Å². The van der Waals surface area contributed by atoms with Gasteiger partial charge in [0, 0.05) is 7.11 Å². The van der Waals surface area contributed by atoms with Gasteiger partial charge in [0.2, 0.25) is 17.9 Å².